The molecule has 136 valence electrons. The number of carbonyl (C=O) groups excluding carboxylic acids is 1. The van der Waals surface area contributed by atoms with E-state index in [4.69, 9.17) is 27.7 Å². The highest BCUT2D eigenvalue weighted by atomic mass is 35.5. The first-order chi connectivity index (χ1) is 11.5. The highest BCUT2D eigenvalue weighted by Crippen LogP contribution is 2.33. The van der Waals surface area contributed by atoms with Crippen LogP contribution in [0.4, 0.5) is 5.69 Å². The van der Waals surface area contributed by atoms with Crippen LogP contribution in [0, 0.1) is 0 Å². The van der Waals surface area contributed by atoms with Gasteiger partial charge in [-0.15, -0.1) is 12.4 Å². The minimum atomic E-state index is -0.124. The smallest absolute Gasteiger partial charge is 0.232 e. The van der Waals surface area contributed by atoms with Crippen molar-refractivity contribution < 1.29 is 9.32 Å². The first kappa shape index (κ1) is 20.0. The van der Waals surface area contributed by atoms with Gasteiger partial charge >= 0.3 is 0 Å². The molecule has 1 aromatic carbocycles. The summed E-state index contributed by atoms with van der Waals surface area (Å²) in [5.41, 5.74) is 0.684. The van der Waals surface area contributed by atoms with E-state index in [0.717, 1.165) is 0 Å². The number of hydrogen-bond acceptors (Lipinski definition) is 5. The summed E-state index contributed by atoms with van der Waals surface area (Å²) in [7, 11) is 1.88. The molecule has 2 aromatic rings. The van der Waals surface area contributed by atoms with Crippen molar-refractivity contribution in [1.82, 2.24) is 15.5 Å². The van der Waals surface area contributed by atoms with Gasteiger partial charge in [0.25, 0.3) is 0 Å². The molecule has 1 amide bonds. The number of aromatic nitrogens is 2. The van der Waals surface area contributed by atoms with E-state index >= 15 is 0 Å². The lowest BCUT2D eigenvalue weighted by Crippen LogP contribution is -2.24. The van der Waals surface area contributed by atoms with Gasteiger partial charge in [-0.25, -0.2) is 0 Å². The van der Waals surface area contributed by atoms with E-state index in [-0.39, 0.29) is 30.3 Å². The number of rotatable bonds is 5. The second-order valence-corrected chi connectivity index (χ2v) is 6.85. The molecule has 1 saturated heterocycles. The first-order valence-electron chi connectivity index (χ1n) is 7.72. The molecule has 1 fully saturated rings. The Labute approximate surface area is 162 Å². The maximum Gasteiger partial charge on any atom is 0.232 e. The van der Waals surface area contributed by atoms with E-state index < -0.39 is 0 Å². The third-order valence-electron chi connectivity index (χ3n) is 4.10. The molecule has 1 aliphatic heterocycles. The summed E-state index contributed by atoms with van der Waals surface area (Å²) in [6.07, 6.45) is 1.00. The van der Waals surface area contributed by atoms with Gasteiger partial charge in [0.15, 0.2) is 5.82 Å². The summed E-state index contributed by atoms with van der Waals surface area (Å²) >= 11 is 12.1. The van der Waals surface area contributed by atoms with Crippen LogP contribution in [-0.2, 0) is 11.2 Å². The van der Waals surface area contributed by atoms with Crippen molar-refractivity contribution in [2.24, 2.45) is 0 Å². The number of carbonyl (C=O) groups is 1. The number of nitrogens with zero attached hydrogens (tertiary/aromatic N) is 3. The van der Waals surface area contributed by atoms with E-state index in [0.29, 0.717) is 46.8 Å². The highest BCUT2D eigenvalue weighted by Gasteiger charge is 2.35. The fourth-order valence-electron chi connectivity index (χ4n) is 2.71. The third-order valence-corrected chi connectivity index (χ3v) is 4.54. The molecule has 9 heteroatoms. The number of anilines is 1. The van der Waals surface area contributed by atoms with Gasteiger partial charge in [0.2, 0.25) is 11.8 Å². The summed E-state index contributed by atoms with van der Waals surface area (Å²) in [5.74, 6) is 1.00. The van der Waals surface area contributed by atoms with Crippen molar-refractivity contribution in [3.05, 3.63) is 40.0 Å². The van der Waals surface area contributed by atoms with Crippen molar-refractivity contribution in [3.63, 3.8) is 0 Å². The molecule has 0 spiro atoms. The maximum absolute atomic E-state index is 12.4. The topological polar surface area (TPSA) is 71.3 Å². The van der Waals surface area contributed by atoms with Gasteiger partial charge in [0.1, 0.15) is 0 Å². The van der Waals surface area contributed by atoms with Gasteiger partial charge in [-0.3, -0.25) is 4.79 Å². The lowest BCUT2D eigenvalue weighted by Gasteiger charge is -2.16. The summed E-state index contributed by atoms with van der Waals surface area (Å²) in [6, 6.07) is 5.34. The van der Waals surface area contributed by atoms with Crippen LogP contribution in [0.1, 0.15) is 31.0 Å². The van der Waals surface area contributed by atoms with Crippen LogP contribution in [0.5, 0.6) is 0 Å². The Balaban J connectivity index is 0.00000225. The van der Waals surface area contributed by atoms with Crippen molar-refractivity contribution >= 4 is 47.2 Å². The molecule has 1 aliphatic rings. The van der Waals surface area contributed by atoms with Gasteiger partial charge in [0, 0.05) is 41.2 Å². The normalized spacial score (nSPS) is 18.3. The lowest BCUT2D eigenvalue weighted by atomic mass is 10.1. The number of amides is 1. The quantitative estimate of drug-likeness (QED) is 0.824. The molecule has 6 nitrogen and oxygen atoms in total. The van der Waals surface area contributed by atoms with Gasteiger partial charge in [-0.1, -0.05) is 28.4 Å². The largest absolute Gasteiger partial charge is 0.339 e. The number of halogens is 3. The summed E-state index contributed by atoms with van der Waals surface area (Å²) in [4.78, 5) is 18.4. The van der Waals surface area contributed by atoms with E-state index in [1.807, 2.05) is 14.0 Å². The van der Waals surface area contributed by atoms with Gasteiger partial charge in [-0.05, 0) is 32.2 Å². The Kier molecular flexibility index (Phi) is 6.68. The fourth-order valence-corrected chi connectivity index (χ4v) is 3.22. The summed E-state index contributed by atoms with van der Waals surface area (Å²) in [6.45, 7) is 2.51. The molecule has 1 aromatic heterocycles. The average molecular weight is 406 g/mol. The van der Waals surface area contributed by atoms with Crippen LogP contribution in [-0.4, -0.2) is 35.7 Å². The van der Waals surface area contributed by atoms with Crippen LogP contribution < -0.4 is 10.2 Å². The van der Waals surface area contributed by atoms with E-state index in [9.17, 15) is 4.79 Å². The minimum Gasteiger partial charge on any atom is -0.339 e. The molecule has 0 saturated carbocycles. The Bertz CT molecular complexity index is 732. The molecule has 1 N–H and O–H groups in total. The van der Waals surface area contributed by atoms with Crippen molar-refractivity contribution in [3.8, 4) is 0 Å². The molecule has 25 heavy (non-hydrogen) atoms. The molecule has 0 aliphatic carbocycles. The van der Waals surface area contributed by atoms with E-state index in [1.165, 1.54) is 0 Å². The summed E-state index contributed by atoms with van der Waals surface area (Å²) in [5, 5.41) is 8.12. The first-order valence-corrected chi connectivity index (χ1v) is 8.48. The van der Waals surface area contributed by atoms with Gasteiger partial charge < -0.3 is 14.7 Å². The SMILES string of the molecule is CNC(C)Cc1noc(C2CC(=O)N(c3cc(Cl)cc(Cl)c3)C2)n1.Cl. The zero-order valence-electron chi connectivity index (χ0n) is 13.8. The Morgan fingerprint density at radius 1 is 1.36 bits per heavy atom. The molecular formula is C16H19Cl3N4O2. The molecule has 2 unspecified atom stereocenters. The van der Waals surface area contributed by atoms with Crippen LogP contribution in [0.2, 0.25) is 10.0 Å². The number of likely N-dealkylation sites (N-methyl/N-ethyl adjacent to an activating group) is 1. The predicted molar refractivity (Wildman–Crippen MR) is 99.9 cm³/mol. The Morgan fingerprint density at radius 3 is 2.68 bits per heavy atom. The van der Waals surface area contributed by atoms with Crippen LogP contribution in [0.15, 0.2) is 22.7 Å². The third kappa shape index (κ3) is 4.64. The Morgan fingerprint density at radius 2 is 2.04 bits per heavy atom. The standard InChI is InChI=1S/C16H18Cl2N4O2.ClH/c1-9(19-2)3-14-20-16(24-21-14)10-4-15(23)22(8-10)13-6-11(17)5-12(18)7-13;/h5-7,9-10,19H,3-4,8H2,1-2H3;1H. The zero-order chi connectivity index (χ0) is 17.3. The van der Waals surface area contributed by atoms with Crippen LogP contribution >= 0.6 is 35.6 Å². The van der Waals surface area contributed by atoms with E-state index in [2.05, 4.69) is 15.5 Å². The van der Waals surface area contributed by atoms with Crippen molar-refractivity contribution in [2.45, 2.75) is 31.7 Å². The highest BCUT2D eigenvalue weighted by molar-refractivity contribution is 6.35. The van der Waals surface area contributed by atoms with E-state index in [1.54, 1.807) is 23.1 Å². The maximum atomic E-state index is 12.4. The fraction of sp³-hybridized carbons (Fsp3) is 0.438. The van der Waals surface area contributed by atoms with Crippen LogP contribution in [0.25, 0.3) is 0 Å². The molecule has 2 heterocycles. The monoisotopic (exact) mass is 404 g/mol. The van der Waals surface area contributed by atoms with Gasteiger partial charge in [-0.2, -0.15) is 4.98 Å². The lowest BCUT2D eigenvalue weighted by molar-refractivity contribution is -0.117. The van der Waals surface area contributed by atoms with Crippen LogP contribution in [0.3, 0.4) is 0 Å². The average Bonchev–Trinajstić information content (AvgIpc) is 3.12. The Hall–Kier alpha value is -1.34. The summed E-state index contributed by atoms with van der Waals surface area (Å²) < 4.78 is 5.35. The molecule has 3 rings (SSSR count). The number of hydrogen-bond donors (Lipinski definition) is 1. The molecule has 0 bridgehead atoms. The second-order valence-electron chi connectivity index (χ2n) is 5.98. The molecular weight excluding hydrogens is 387 g/mol. The molecule has 2 atom stereocenters. The van der Waals surface area contributed by atoms with Crippen molar-refractivity contribution in [2.75, 3.05) is 18.5 Å². The number of benzene rings is 1. The number of nitrogens with one attached hydrogen (secondary N) is 1. The van der Waals surface area contributed by atoms with Gasteiger partial charge in [0.05, 0.1) is 5.92 Å². The van der Waals surface area contributed by atoms with Crippen molar-refractivity contribution in [1.29, 1.82) is 0 Å². The minimum absolute atomic E-state index is 0. The molecule has 0 radical (unpaired) electrons. The second kappa shape index (κ2) is 8.36. The zero-order valence-corrected chi connectivity index (χ0v) is 16.2. The predicted octanol–water partition coefficient (Wildman–Crippen LogP) is 3.47.